The number of carbonyl (C=O) groups is 1. The molecule has 0 spiro atoms. The molecule has 0 aliphatic carbocycles. The van der Waals surface area contributed by atoms with Gasteiger partial charge in [-0.05, 0) is 12.1 Å². The minimum absolute atomic E-state index is 0.00836. The molecule has 114 valence electrons. The molecule has 0 aliphatic heterocycles. The second-order valence-electron chi connectivity index (χ2n) is 4.08. The molecule has 0 fully saturated rings. The molecular formula is C15H12BF4NO. The van der Waals surface area contributed by atoms with Crippen molar-refractivity contribution in [1.29, 1.82) is 0 Å². The Morgan fingerprint density at radius 3 is 1.86 bits per heavy atom. The van der Waals surface area contributed by atoms with Crippen molar-refractivity contribution in [3.63, 3.8) is 0 Å². The molecule has 0 saturated heterocycles. The standard InChI is InChI=1S/C15H12NO.BF4/c17-15(14-9-5-2-6-10-14)12-16-11-13-7-3-1-4-8-13;2-1(3,4)5/h1-10H,12H2;/q+1;-1. The van der Waals surface area contributed by atoms with Gasteiger partial charge in [0.05, 0.1) is 0 Å². The first-order chi connectivity index (χ1) is 10.4. The molecule has 2 aromatic carbocycles. The summed E-state index contributed by atoms with van der Waals surface area (Å²) in [6.45, 7) is 0.138. The second-order valence-corrected chi connectivity index (χ2v) is 4.08. The Hall–Kier alpha value is -2.62. The Morgan fingerprint density at radius 1 is 0.909 bits per heavy atom. The summed E-state index contributed by atoms with van der Waals surface area (Å²) in [5, 5.41) is 0. The van der Waals surface area contributed by atoms with Crippen molar-refractivity contribution >= 4 is 13.0 Å². The molecule has 0 bridgehead atoms. The van der Waals surface area contributed by atoms with Crippen LogP contribution in [0.5, 0.6) is 0 Å². The molecule has 0 saturated carbocycles. The summed E-state index contributed by atoms with van der Waals surface area (Å²) >= 11 is 0. The van der Waals surface area contributed by atoms with Crippen molar-refractivity contribution < 1.29 is 22.1 Å². The van der Waals surface area contributed by atoms with E-state index < -0.39 is 7.25 Å². The number of hydrogen-bond acceptors (Lipinski definition) is 1. The Bertz CT molecular complexity index is 642. The molecule has 0 amide bonds. The molecule has 0 heterocycles. The molecule has 2 rings (SSSR count). The molecule has 22 heavy (non-hydrogen) atoms. The van der Waals surface area contributed by atoms with Gasteiger partial charge in [0.2, 0.25) is 5.78 Å². The lowest BCUT2D eigenvalue weighted by Gasteiger charge is -1.94. The highest BCUT2D eigenvalue weighted by Crippen LogP contribution is 2.06. The van der Waals surface area contributed by atoms with Gasteiger partial charge in [0.15, 0.2) is 0 Å². The highest BCUT2D eigenvalue weighted by Gasteiger charge is 2.20. The van der Waals surface area contributed by atoms with E-state index >= 15 is 0 Å². The zero-order valence-corrected chi connectivity index (χ0v) is 11.4. The SMILES string of the molecule is F[B-](F)(F)F.O=C(C[N+]#Cc1ccccc1)c1ccccc1. The first-order valence-electron chi connectivity index (χ1n) is 6.29. The topological polar surface area (TPSA) is 21.4 Å². The van der Waals surface area contributed by atoms with E-state index in [-0.39, 0.29) is 12.3 Å². The van der Waals surface area contributed by atoms with Crippen LogP contribution >= 0.6 is 0 Å². The van der Waals surface area contributed by atoms with Crippen molar-refractivity contribution in [2.75, 3.05) is 6.54 Å². The third-order valence-corrected chi connectivity index (χ3v) is 2.30. The minimum atomic E-state index is -6.00. The van der Waals surface area contributed by atoms with Crippen LogP contribution in [0.3, 0.4) is 0 Å². The number of benzene rings is 2. The number of halogens is 4. The van der Waals surface area contributed by atoms with E-state index in [2.05, 4.69) is 10.9 Å². The van der Waals surface area contributed by atoms with Gasteiger partial charge in [0, 0.05) is 5.56 Å². The number of ketones is 1. The lowest BCUT2D eigenvalue weighted by Crippen LogP contribution is -2.02. The van der Waals surface area contributed by atoms with Crippen LogP contribution in [-0.2, 0) is 0 Å². The van der Waals surface area contributed by atoms with Gasteiger partial charge in [-0.25, -0.2) is 0 Å². The molecule has 0 N–H and O–H groups in total. The van der Waals surface area contributed by atoms with Gasteiger partial charge in [-0.15, -0.1) is 0 Å². The lowest BCUT2D eigenvalue weighted by molar-refractivity contribution is 0.101. The van der Waals surface area contributed by atoms with Crippen LogP contribution < -0.4 is 0 Å². The summed E-state index contributed by atoms with van der Waals surface area (Å²) in [6, 6.07) is 21.6. The smallest absolute Gasteiger partial charge is 0.418 e. The molecule has 0 radical (unpaired) electrons. The minimum Gasteiger partial charge on any atom is -0.418 e. The number of nitrogens with zero attached hydrogens (tertiary/aromatic N) is 1. The monoisotopic (exact) mass is 309 g/mol. The fourth-order valence-corrected chi connectivity index (χ4v) is 1.43. The molecule has 0 unspecified atom stereocenters. The number of hydrogen-bond donors (Lipinski definition) is 0. The second kappa shape index (κ2) is 8.62. The van der Waals surface area contributed by atoms with Crippen LogP contribution in [0.15, 0.2) is 60.7 Å². The van der Waals surface area contributed by atoms with Gasteiger partial charge in [-0.2, -0.15) is 0 Å². The molecular weight excluding hydrogens is 297 g/mol. The van der Waals surface area contributed by atoms with Crippen LogP contribution in [0, 0.1) is 6.07 Å². The quantitative estimate of drug-likeness (QED) is 0.453. The third kappa shape index (κ3) is 8.53. The predicted octanol–water partition coefficient (Wildman–Crippen LogP) is 4.55. The number of carbonyl (C=O) groups excluding carboxylic acids is 1. The largest absolute Gasteiger partial charge is 0.673 e. The van der Waals surface area contributed by atoms with E-state index in [4.69, 9.17) is 0 Å². The molecule has 0 atom stereocenters. The van der Waals surface area contributed by atoms with Crippen molar-refractivity contribution in [2.24, 2.45) is 0 Å². The Balaban J connectivity index is 0.000000422. The van der Waals surface area contributed by atoms with E-state index in [1.165, 1.54) is 0 Å². The van der Waals surface area contributed by atoms with Crippen molar-refractivity contribution in [3.05, 3.63) is 76.6 Å². The molecule has 0 aromatic heterocycles. The van der Waals surface area contributed by atoms with Crippen LogP contribution in [0.4, 0.5) is 17.3 Å². The van der Waals surface area contributed by atoms with Gasteiger partial charge in [0.25, 0.3) is 0 Å². The summed E-state index contributed by atoms with van der Waals surface area (Å²) in [4.78, 5) is 15.7. The third-order valence-electron chi connectivity index (χ3n) is 2.30. The Kier molecular flexibility index (Phi) is 6.83. The van der Waals surface area contributed by atoms with Crippen LogP contribution in [0.2, 0.25) is 0 Å². The van der Waals surface area contributed by atoms with E-state index in [0.29, 0.717) is 5.56 Å². The van der Waals surface area contributed by atoms with Crippen molar-refractivity contribution in [3.8, 4) is 6.07 Å². The van der Waals surface area contributed by atoms with Gasteiger partial charge in [0.1, 0.15) is 5.56 Å². The zero-order chi connectivity index (χ0) is 16.4. The van der Waals surface area contributed by atoms with E-state index in [1.807, 2.05) is 48.5 Å². The normalized spacial score (nSPS) is 9.82. The first kappa shape index (κ1) is 17.4. The molecule has 7 heteroatoms. The average Bonchev–Trinajstić information content (AvgIpc) is 2.47. The van der Waals surface area contributed by atoms with Crippen molar-refractivity contribution in [2.45, 2.75) is 0 Å². The van der Waals surface area contributed by atoms with Gasteiger partial charge >= 0.3 is 19.9 Å². The van der Waals surface area contributed by atoms with Gasteiger partial charge in [-0.3, -0.25) is 4.79 Å². The van der Waals surface area contributed by atoms with Gasteiger partial charge in [-0.1, -0.05) is 53.4 Å². The fourth-order valence-electron chi connectivity index (χ4n) is 1.43. The highest BCUT2D eigenvalue weighted by molar-refractivity contribution is 6.50. The van der Waals surface area contributed by atoms with Gasteiger partial charge < -0.3 is 17.3 Å². The van der Waals surface area contributed by atoms with E-state index in [0.717, 1.165) is 5.56 Å². The summed E-state index contributed by atoms with van der Waals surface area (Å²) in [7, 11) is -6.00. The van der Waals surface area contributed by atoms with E-state index in [9.17, 15) is 22.1 Å². The molecule has 2 nitrogen and oxygen atoms in total. The van der Waals surface area contributed by atoms with Crippen LogP contribution in [-0.4, -0.2) is 19.6 Å². The Morgan fingerprint density at radius 2 is 1.36 bits per heavy atom. The average molecular weight is 309 g/mol. The maximum Gasteiger partial charge on any atom is 0.673 e. The highest BCUT2D eigenvalue weighted by atomic mass is 19.5. The molecule has 2 aromatic rings. The predicted molar refractivity (Wildman–Crippen MR) is 78.6 cm³/mol. The van der Waals surface area contributed by atoms with Crippen LogP contribution in [0.1, 0.15) is 15.9 Å². The Labute approximate surface area is 125 Å². The summed E-state index contributed by atoms with van der Waals surface area (Å²) < 4.78 is 39.0. The van der Waals surface area contributed by atoms with E-state index in [1.54, 1.807) is 12.1 Å². The summed E-state index contributed by atoms with van der Waals surface area (Å²) in [6.07, 6.45) is 0. The fraction of sp³-hybridized carbons (Fsp3) is 0.0667. The number of Topliss-reactive ketones (excluding diaryl/α,β-unsaturated/α-hetero) is 1. The summed E-state index contributed by atoms with van der Waals surface area (Å²) in [5.74, 6) is 0.00836. The van der Waals surface area contributed by atoms with Crippen molar-refractivity contribution in [1.82, 2.24) is 0 Å². The first-order valence-corrected chi connectivity index (χ1v) is 6.29. The number of rotatable bonds is 2. The summed E-state index contributed by atoms with van der Waals surface area (Å²) in [5.41, 5.74) is 1.57. The maximum absolute atomic E-state index is 11.7. The maximum atomic E-state index is 11.7. The molecule has 0 aliphatic rings. The van der Waals surface area contributed by atoms with Crippen LogP contribution in [0.25, 0.3) is 4.85 Å². The lowest BCUT2D eigenvalue weighted by atomic mass is 10.1. The zero-order valence-electron chi connectivity index (χ0n) is 11.4.